The van der Waals surface area contributed by atoms with E-state index >= 15 is 0 Å². The second kappa shape index (κ2) is 8.66. The van der Waals surface area contributed by atoms with Gasteiger partial charge in [0.15, 0.2) is 0 Å². The minimum atomic E-state index is -0.730. The van der Waals surface area contributed by atoms with E-state index in [1.54, 1.807) is 27.7 Å². The minimum absolute atomic E-state index is 0.119. The molecule has 0 fully saturated rings. The second-order valence-corrected chi connectivity index (χ2v) is 5.98. The molecule has 0 aliphatic heterocycles. The van der Waals surface area contributed by atoms with Crippen LogP contribution < -0.4 is 0 Å². The summed E-state index contributed by atoms with van der Waals surface area (Å²) < 4.78 is 19.7. The van der Waals surface area contributed by atoms with Crippen LogP contribution in [0.4, 0.5) is 9.59 Å². The highest BCUT2D eigenvalue weighted by Gasteiger charge is 2.18. The van der Waals surface area contributed by atoms with E-state index in [9.17, 15) is 9.59 Å². The van der Waals surface area contributed by atoms with Crippen LogP contribution in [0.5, 0.6) is 0 Å². The fourth-order valence-electron chi connectivity index (χ4n) is 1.08. The van der Waals surface area contributed by atoms with Gasteiger partial charge in [-0.3, -0.25) is 0 Å². The predicted octanol–water partition coefficient (Wildman–Crippen LogP) is 3.53. The van der Waals surface area contributed by atoms with Gasteiger partial charge in [0.1, 0.15) is 11.7 Å². The first-order valence-electron chi connectivity index (χ1n) is 6.79. The molecule has 0 spiro atoms. The van der Waals surface area contributed by atoms with E-state index in [4.69, 9.17) is 18.9 Å². The average Bonchev–Trinajstić information content (AvgIpc) is 2.23. The summed E-state index contributed by atoms with van der Waals surface area (Å²) in [6.07, 6.45) is -1.44. The molecule has 0 aromatic heterocycles. The van der Waals surface area contributed by atoms with Crippen molar-refractivity contribution in [2.75, 3.05) is 13.2 Å². The molecule has 0 N–H and O–H groups in total. The fraction of sp³-hybridized carbons (Fsp3) is 0.857. The van der Waals surface area contributed by atoms with Gasteiger partial charge in [0.2, 0.25) is 0 Å². The lowest BCUT2D eigenvalue weighted by atomic mass is 10.2. The minimum Gasteiger partial charge on any atom is -0.434 e. The summed E-state index contributed by atoms with van der Waals surface area (Å²) in [6.45, 7) is 11.3. The molecule has 0 bridgehead atoms. The van der Waals surface area contributed by atoms with Crippen LogP contribution in [0.2, 0.25) is 0 Å². The molecule has 1 unspecified atom stereocenters. The van der Waals surface area contributed by atoms with Crippen molar-refractivity contribution in [2.45, 2.75) is 59.7 Å². The molecule has 20 heavy (non-hydrogen) atoms. The van der Waals surface area contributed by atoms with Crippen LogP contribution in [0.3, 0.4) is 0 Å². The lowest BCUT2D eigenvalue weighted by Crippen LogP contribution is -2.25. The number of carbonyl (C=O) groups excluding carboxylic acids is 2. The van der Waals surface area contributed by atoms with Crippen LogP contribution in [0.1, 0.15) is 48.0 Å². The topological polar surface area (TPSA) is 71.1 Å². The molecule has 6 nitrogen and oxygen atoms in total. The van der Waals surface area contributed by atoms with E-state index in [-0.39, 0.29) is 12.5 Å². The molecule has 118 valence electrons. The van der Waals surface area contributed by atoms with Crippen molar-refractivity contribution >= 4 is 12.3 Å². The largest absolute Gasteiger partial charge is 0.508 e. The number of ether oxygens (including phenoxy) is 4. The fourth-order valence-corrected chi connectivity index (χ4v) is 1.08. The normalized spacial score (nSPS) is 12.8. The van der Waals surface area contributed by atoms with Crippen LogP contribution in [0.25, 0.3) is 0 Å². The van der Waals surface area contributed by atoms with Crippen molar-refractivity contribution in [3.63, 3.8) is 0 Å². The zero-order valence-electron chi connectivity index (χ0n) is 13.2. The third kappa shape index (κ3) is 11.6. The van der Waals surface area contributed by atoms with Crippen LogP contribution in [-0.4, -0.2) is 37.2 Å². The SMILES string of the molecule is CC(C)COC(=O)OC(C)CCOC(=O)OC(C)(C)C. The molecule has 0 saturated heterocycles. The quantitative estimate of drug-likeness (QED) is 0.697. The van der Waals surface area contributed by atoms with Crippen LogP contribution >= 0.6 is 0 Å². The molecule has 0 saturated carbocycles. The molecular weight excluding hydrogens is 264 g/mol. The smallest absolute Gasteiger partial charge is 0.434 e. The van der Waals surface area contributed by atoms with Gasteiger partial charge in [-0.25, -0.2) is 9.59 Å². The van der Waals surface area contributed by atoms with Gasteiger partial charge in [-0.1, -0.05) is 13.8 Å². The van der Waals surface area contributed by atoms with Crippen molar-refractivity contribution in [1.82, 2.24) is 0 Å². The van der Waals surface area contributed by atoms with E-state index in [0.29, 0.717) is 13.0 Å². The predicted molar refractivity (Wildman–Crippen MR) is 73.5 cm³/mol. The zero-order chi connectivity index (χ0) is 15.8. The molecule has 0 heterocycles. The molecule has 0 aliphatic carbocycles. The van der Waals surface area contributed by atoms with Gasteiger partial charge in [0.25, 0.3) is 0 Å². The van der Waals surface area contributed by atoms with Gasteiger partial charge >= 0.3 is 12.3 Å². The van der Waals surface area contributed by atoms with Crippen molar-refractivity contribution in [2.24, 2.45) is 5.92 Å². The highest BCUT2D eigenvalue weighted by molar-refractivity contribution is 5.60. The maximum Gasteiger partial charge on any atom is 0.508 e. The Morgan fingerprint density at radius 1 is 1.00 bits per heavy atom. The first-order chi connectivity index (χ1) is 9.10. The Morgan fingerprint density at radius 2 is 1.60 bits per heavy atom. The van der Waals surface area contributed by atoms with Crippen LogP contribution in [0.15, 0.2) is 0 Å². The summed E-state index contributed by atoms with van der Waals surface area (Å²) in [5, 5.41) is 0. The summed E-state index contributed by atoms with van der Waals surface area (Å²) in [4.78, 5) is 22.5. The summed E-state index contributed by atoms with van der Waals surface area (Å²) in [6, 6.07) is 0. The lowest BCUT2D eigenvalue weighted by molar-refractivity contribution is -0.0165. The van der Waals surface area contributed by atoms with Gasteiger partial charge in [0, 0.05) is 6.42 Å². The van der Waals surface area contributed by atoms with Crippen LogP contribution in [-0.2, 0) is 18.9 Å². The van der Waals surface area contributed by atoms with E-state index in [0.717, 1.165) is 0 Å². The molecule has 0 aliphatic rings. The summed E-state index contributed by atoms with van der Waals surface area (Å²) in [5.41, 5.74) is -0.583. The molecule has 0 amide bonds. The Balaban J connectivity index is 3.75. The highest BCUT2D eigenvalue weighted by Crippen LogP contribution is 2.09. The van der Waals surface area contributed by atoms with Crippen LogP contribution in [0, 0.1) is 5.92 Å². The monoisotopic (exact) mass is 290 g/mol. The second-order valence-electron chi connectivity index (χ2n) is 5.98. The first kappa shape index (κ1) is 18.5. The van der Waals surface area contributed by atoms with E-state index in [1.165, 1.54) is 0 Å². The van der Waals surface area contributed by atoms with Crippen molar-refractivity contribution < 1.29 is 28.5 Å². The maximum absolute atomic E-state index is 11.3. The van der Waals surface area contributed by atoms with Gasteiger partial charge in [-0.15, -0.1) is 0 Å². The lowest BCUT2D eigenvalue weighted by Gasteiger charge is -2.19. The molecule has 0 rings (SSSR count). The summed E-state index contributed by atoms with van der Waals surface area (Å²) in [5.74, 6) is 0.258. The molecule has 0 aromatic rings. The van der Waals surface area contributed by atoms with Gasteiger partial charge < -0.3 is 18.9 Å². The number of hydrogen-bond donors (Lipinski definition) is 0. The van der Waals surface area contributed by atoms with Gasteiger partial charge in [0.05, 0.1) is 13.2 Å². The maximum atomic E-state index is 11.3. The summed E-state index contributed by atoms with van der Waals surface area (Å²) >= 11 is 0. The van der Waals surface area contributed by atoms with Crippen molar-refractivity contribution in [3.8, 4) is 0 Å². The third-order valence-corrected chi connectivity index (χ3v) is 1.97. The van der Waals surface area contributed by atoms with E-state index in [2.05, 4.69) is 0 Å². The Hall–Kier alpha value is -1.46. The summed E-state index contributed by atoms with van der Waals surface area (Å²) in [7, 11) is 0. The molecular formula is C14H26O6. The average molecular weight is 290 g/mol. The molecule has 0 aromatic carbocycles. The van der Waals surface area contributed by atoms with Crippen molar-refractivity contribution in [1.29, 1.82) is 0 Å². The number of hydrogen-bond acceptors (Lipinski definition) is 6. The van der Waals surface area contributed by atoms with Gasteiger partial charge in [-0.2, -0.15) is 0 Å². The number of rotatable bonds is 6. The van der Waals surface area contributed by atoms with Crippen molar-refractivity contribution in [3.05, 3.63) is 0 Å². The van der Waals surface area contributed by atoms with E-state index in [1.807, 2.05) is 13.8 Å². The standard InChI is InChI=1S/C14H26O6/c1-10(2)9-18-12(15)19-11(3)7-8-17-13(16)20-14(4,5)6/h10-11H,7-9H2,1-6H3. The molecule has 1 atom stereocenters. The van der Waals surface area contributed by atoms with Gasteiger partial charge in [-0.05, 0) is 33.6 Å². The first-order valence-corrected chi connectivity index (χ1v) is 6.79. The third-order valence-electron chi connectivity index (χ3n) is 1.97. The van der Waals surface area contributed by atoms with E-state index < -0.39 is 24.0 Å². The number of carbonyl (C=O) groups is 2. The Kier molecular flexibility index (Phi) is 8.03. The Labute approximate surface area is 120 Å². The Morgan fingerprint density at radius 3 is 2.10 bits per heavy atom. The zero-order valence-corrected chi connectivity index (χ0v) is 13.2. The molecule has 6 heteroatoms. The Bertz CT molecular complexity index is 305. The highest BCUT2D eigenvalue weighted by atomic mass is 16.7. The molecule has 0 radical (unpaired) electrons.